The highest BCUT2D eigenvalue weighted by molar-refractivity contribution is 6.31. The second-order valence-corrected chi connectivity index (χ2v) is 3.05. The summed E-state index contributed by atoms with van der Waals surface area (Å²) < 4.78 is 5.12. The van der Waals surface area contributed by atoms with Crippen LogP contribution in [0, 0.1) is 0 Å². The third kappa shape index (κ3) is 2.76. The van der Waals surface area contributed by atoms with Gasteiger partial charge in [-0.25, -0.2) is 0 Å². The summed E-state index contributed by atoms with van der Waals surface area (Å²) >= 11 is 5.94. The standard InChI is InChI=1S/C9H12ClNO.ClH/c1-6(11)9-7(10)4-3-5-8(9)12-2;/h3-6H,11H2,1-2H3;1H/t6-;/m1./s1. The molecule has 0 bridgehead atoms. The summed E-state index contributed by atoms with van der Waals surface area (Å²) in [4.78, 5) is 0. The molecular formula is C9H13Cl2NO. The van der Waals surface area contributed by atoms with Crippen molar-refractivity contribution in [1.82, 2.24) is 0 Å². The molecule has 0 fully saturated rings. The molecule has 13 heavy (non-hydrogen) atoms. The number of ether oxygens (including phenoxy) is 1. The lowest BCUT2D eigenvalue weighted by Gasteiger charge is -2.12. The number of benzene rings is 1. The molecular weight excluding hydrogens is 209 g/mol. The van der Waals surface area contributed by atoms with Crippen molar-refractivity contribution in [3.8, 4) is 5.75 Å². The lowest BCUT2D eigenvalue weighted by Crippen LogP contribution is -2.07. The van der Waals surface area contributed by atoms with Crippen molar-refractivity contribution < 1.29 is 4.74 Å². The van der Waals surface area contributed by atoms with Gasteiger partial charge in [0.25, 0.3) is 0 Å². The Balaban J connectivity index is 0.00000144. The normalized spacial score (nSPS) is 11.7. The zero-order valence-electron chi connectivity index (χ0n) is 7.58. The number of nitrogens with two attached hydrogens (primary N) is 1. The molecule has 1 aromatic carbocycles. The van der Waals surface area contributed by atoms with Gasteiger partial charge in [0.1, 0.15) is 5.75 Å². The molecule has 2 nitrogen and oxygen atoms in total. The van der Waals surface area contributed by atoms with Gasteiger partial charge in [0.15, 0.2) is 0 Å². The number of hydrogen-bond donors (Lipinski definition) is 1. The molecule has 74 valence electrons. The van der Waals surface area contributed by atoms with Gasteiger partial charge in [-0.2, -0.15) is 0 Å². The van der Waals surface area contributed by atoms with E-state index in [0.29, 0.717) is 5.02 Å². The number of hydrogen-bond acceptors (Lipinski definition) is 2. The third-order valence-corrected chi connectivity index (χ3v) is 2.02. The molecule has 0 aliphatic heterocycles. The van der Waals surface area contributed by atoms with E-state index in [4.69, 9.17) is 22.1 Å². The highest BCUT2D eigenvalue weighted by Crippen LogP contribution is 2.30. The quantitative estimate of drug-likeness (QED) is 0.834. The van der Waals surface area contributed by atoms with Crippen molar-refractivity contribution in [2.75, 3.05) is 7.11 Å². The van der Waals surface area contributed by atoms with Crippen LogP contribution in [0.4, 0.5) is 0 Å². The first-order chi connectivity index (χ1) is 5.66. The van der Waals surface area contributed by atoms with E-state index < -0.39 is 0 Å². The molecule has 0 aliphatic carbocycles. The van der Waals surface area contributed by atoms with E-state index in [1.54, 1.807) is 7.11 Å². The van der Waals surface area contributed by atoms with E-state index in [2.05, 4.69) is 0 Å². The van der Waals surface area contributed by atoms with E-state index in [-0.39, 0.29) is 18.4 Å². The van der Waals surface area contributed by atoms with E-state index in [1.807, 2.05) is 25.1 Å². The molecule has 0 unspecified atom stereocenters. The van der Waals surface area contributed by atoms with Crippen molar-refractivity contribution in [1.29, 1.82) is 0 Å². The monoisotopic (exact) mass is 221 g/mol. The SMILES string of the molecule is COc1cccc(Cl)c1[C@@H](C)N.Cl. The smallest absolute Gasteiger partial charge is 0.125 e. The van der Waals surface area contributed by atoms with Crippen LogP contribution in [0.1, 0.15) is 18.5 Å². The van der Waals surface area contributed by atoms with Crippen LogP contribution in [0.25, 0.3) is 0 Å². The van der Waals surface area contributed by atoms with Gasteiger partial charge in [-0.15, -0.1) is 12.4 Å². The van der Waals surface area contributed by atoms with E-state index >= 15 is 0 Å². The highest BCUT2D eigenvalue weighted by atomic mass is 35.5. The van der Waals surface area contributed by atoms with Crippen molar-refractivity contribution >= 4 is 24.0 Å². The summed E-state index contributed by atoms with van der Waals surface area (Å²) in [7, 11) is 1.61. The fourth-order valence-corrected chi connectivity index (χ4v) is 1.48. The van der Waals surface area contributed by atoms with Gasteiger partial charge in [-0.1, -0.05) is 17.7 Å². The van der Waals surface area contributed by atoms with Crippen LogP contribution in [-0.2, 0) is 0 Å². The summed E-state index contributed by atoms with van der Waals surface area (Å²) in [5.41, 5.74) is 6.59. The molecule has 0 spiro atoms. The van der Waals surface area contributed by atoms with Gasteiger partial charge in [-0.05, 0) is 19.1 Å². The fourth-order valence-electron chi connectivity index (χ4n) is 1.14. The molecule has 0 saturated heterocycles. The first-order valence-electron chi connectivity index (χ1n) is 3.74. The Labute approximate surface area is 89.4 Å². The zero-order chi connectivity index (χ0) is 9.14. The average molecular weight is 222 g/mol. The van der Waals surface area contributed by atoms with E-state index in [1.165, 1.54) is 0 Å². The Bertz CT molecular complexity index is 276. The van der Waals surface area contributed by atoms with Gasteiger partial charge in [0.2, 0.25) is 0 Å². The van der Waals surface area contributed by atoms with Crippen LogP contribution in [0.3, 0.4) is 0 Å². The summed E-state index contributed by atoms with van der Waals surface area (Å²) in [5, 5.41) is 0.657. The molecule has 1 rings (SSSR count). The minimum atomic E-state index is -0.103. The lowest BCUT2D eigenvalue weighted by atomic mass is 10.1. The lowest BCUT2D eigenvalue weighted by molar-refractivity contribution is 0.407. The topological polar surface area (TPSA) is 35.2 Å². The van der Waals surface area contributed by atoms with Crippen molar-refractivity contribution in [2.45, 2.75) is 13.0 Å². The molecule has 0 heterocycles. The Morgan fingerprint density at radius 1 is 1.46 bits per heavy atom. The molecule has 0 radical (unpaired) electrons. The summed E-state index contributed by atoms with van der Waals surface area (Å²) in [6.45, 7) is 1.88. The summed E-state index contributed by atoms with van der Waals surface area (Å²) in [6.07, 6.45) is 0. The van der Waals surface area contributed by atoms with Crippen LogP contribution < -0.4 is 10.5 Å². The summed E-state index contributed by atoms with van der Waals surface area (Å²) in [6, 6.07) is 5.40. The summed E-state index contributed by atoms with van der Waals surface area (Å²) in [5.74, 6) is 0.748. The maximum atomic E-state index is 5.94. The van der Waals surface area contributed by atoms with Crippen molar-refractivity contribution in [3.05, 3.63) is 28.8 Å². The van der Waals surface area contributed by atoms with Gasteiger partial charge >= 0.3 is 0 Å². The van der Waals surface area contributed by atoms with Crippen LogP contribution in [0.15, 0.2) is 18.2 Å². The second-order valence-electron chi connectivity index (χ2n) is 2.64. The van der Waals surface area contributed by atoms with Crippen molar-refractivity contribution in [2.24, 2.45) is 5.73 Å². The Hall–Kier alpha value is -0.440. The van der Waals surface area contributed by atoms with Gasteiger partial charge in [0.05, 0.1) is 7.11 Å². The molecule has 0 aromatic heterocycles. The van der Waals surface area contributed by atoms with Crippen LogP contribution in [0.5, 0.6) is 5.75 Å². The number of rotatable bonds is 2. The Morgan fingerprint density at radius 2 is 2.08 bits per heavy atom. The molecule has 0 aliphatic rings. The van der Waals surface area contributed by atoms with E-state index in [9.17, 15) is 0 Å². The predicted molar refractivity (Wildman–Crippen MR) is 57.9 cm³/mol. The largest absolute Gasteiger partial charge is 0.496 e. The minimum absolute atomic E-state index is 0. The molecule has 0 amide bonds. The van der Waals surface area contributed by atoms with Crippen LogP contribution in [-0.4, -0.2) is 7.11 Å². The predicted octanol–water partition coefficient (Wildman–Crippen LogP) is 2.79. The fraction of sp³-hybridized carbons (Fsp3) is 0.333. The first kappa shape index (κ1) is 12.6. The zero-order valence-corrected chi connectivity index (χ0v) is 9.15. The molecule has 4 heteroatoms. The number of methoxy groups -OCH3 is 1. The van der Waals surface area contributed by atoms with Crippen molar-refractivity contribution in [3.63, 3.8) is 0 Å². The van der Waals surface area contributed by atoms with Gasteiger partial charge in [0, 0.05) is 16.6 Å². The highest BCUT2D eigenvalue weighted by Gasteiger charge is 2.10. The second kappa shape index (κ2) is 5.32. The van der Waals surface area contributed by atoms with Crippen LogP contribution >= 0.6 is 24.0 Å². The van der Waals surface area contributed by atoms with Gasteiger partial charge < -0.3 is 10.5 Å². The average Bonchev–Trinajstić information content (AvgIpc) is 2.03. The number of halogens is 2. The van der Waals surface area contributed by atoms with E-state index in [0.717, 1.165) is 11.3 Å². The Morgan fingerprint density at radius 3 is 2.46 bits per heavy atom. The molecule has 1 aromatic rings. The van der Waals surface area contributed by atoms with Gasteiger partial charge in [-0.3, -0.25) is 0 Å². The minimum Gasteiger partial charge on any atom is -0.496 e. The maximum Gasteiger partial charge on any atom is 0.125 e. The maximum absolute atomic E-state index is 5.94. The third-order valence-electron chi connectivity index (χ3n) is 1.69. The van der Waals surface area contributed by atoms with Crippen LogP contribution in [0.2, 0.25) is 5.02 Å². The molecule has 0 saturated carbocycles. The molecule has 1 atom stereocenters. The molecule has 2 N–H and O–H groups in total. The Kier molecular flexibility index (Phi) is 5.14. The first-order valence-corrected chi connectivity index (χ1v) is 4.12.